The van der Waals surface area contributed by atoms with Crippen LogP contribution >= 0.6 is 0 Å². The highest BCUT2D eigenvalue weighted by molar-refractivity contribution is 7.89. The van der Waals surface area contributed by atoms with E-state index < -0.39 is 28.0 Å². The predicted molar refractivity (Wildman–Crippen MR) is 148 cm³/mol. The van der Waals surface area contributed by atoms with E-state index in [2.05, 4.69) is 10.0 Å². The molecule has 0 spiro atoms. The maximum atomic E-state index is 13.8. The van der Waals surface area contributed by atoms with Gasteiger partial charge in [0.05, 0.1) is 10.9 Å². The third-order valence-electron chi connectivity index (χ3n) is 6.32. The van der Waals surface area contributed by atoms with E-state index in [1.165, 1.54) is 0 Å². The van der Waals surface area contributed by atoms with Crippen LogP contribution in [0.5, 0.6) is 0 Å². The van der Waals surface area contributed by atoms with Gasteiger partial charge in [0.15, 0.2) is 0 Å². The van der Waals surface area contributed by atoms with Gasteiger partial charge in [-0.05, 0) is 55.0 Å². The van der Waals surface area contributed by atoms with E-state index in [4.69, 9.17) is 0 Å². The summed E-state index contributed by atoms with van der Waals surface area (Å²) in [7, 11) is -3.98. The van der Waals surface area contributed by atoms with Gasteiger partial charge in [-0.25, -0.2) is 8.42 Å². The first-order valence-corrected chi connectivity index (χ1v) is 13.8. The molecule has 4 rings (SSSR count). The second kappa shape index (κ2) is 11.5. The van der Waals surface area contributed by atoms with Gasteiger partial charge >= 0.3 is 0 Å². The molecule has 0 heterocycles. The summed E-state index contributed by atoms with van der Waals surface area (Å²) in [5.74, 6) is -0.396. The molecule has 0 fully saturated rings. The molecule has 0 saturated heterocycles. The Labute approximate surface area is 219 Å². The van der Waals surface area contributed by atoms with Crippen LogP contribution < -0.4 is 10.0 Å². The summed E-state index contributed by atoms with van der Waals surface area (Å²) in [6.07, 6.45) is 0.214. The molecule has 37 heavy (non-hydrogen) atoms. The topological polar surface area (TPSA) is 75.3 Å². The molecule has 5 nitrogen and oxygen atoms in total. The standard InChI is InChI=1S/C31H32N2O3S/c1-22-19-23(2)30(24(3)20-22)37(35,36)33-28(21-25-13-7-4-8-14-25)31(34)32-29(26-15-9-5-10-16-26)27-17-11-6-12-18-27/h4-20,28-29,33H,21H2,1-3H3,(H,32,34)/t28-/m1/s1. The van der Waals surface area contributed by atoms with Crippen molar-refractivity contribution in [3.8, 4) is 0 Å². The number of aryl methyl sites for hydroxylation is 3. The Hall–Kier alpha value is -3.74. The Morgan fingerprint density at radius 2 is 1.19 bits per heavy atom. The number of carbonyl (C=O) groups excluding carboxylic acids is 1. The Balaban J connectivity index is 1.69. The molecular weight excluding hydrogens is 480 g/mol. The zero-order valence-corrected chi connectivity index (χ0v) is 22.1. The lowest BCUT2D eigenvalue weighted by Crippen LogP contribution is -2.49. The maximum Gasteiger partial charge on any atom is 0.241 e. The van der Waals surface area contributed by atoms with E-state index in [9.17, 15) is 13.2 Å². The lowest BCUT2D eigenvalue weighted by Gasteiger charge is -2.25. The summed E-state index contributed by atoms with van der Waals surface area (Å²) < 4.78 is 30.0. The van der Waals surface area contributed by atoms with Crippen molar-refractivity contribution in [1.29, 1.82) is 0 Å². The van der Waals surface area contributed by atoms with Crippen molar-refractivity contribution in [3.05, 3.63) is 137 Å². The molecule has 0 saturated carbocycles. The van der Waals surface area contributed by atoms with E-state index >= 15 is 0 Å². The molecule has 0 aromatic heterocycles. The van der Waals surface area contributed by atoms with Gasteiger partial charge in [0.1, 0.15) is 6.04 Å². The summed E-state index contributed by atoms with van der Waals surface area (Å²) in [6, 6.07) is 31.0. The van der Waals surface area contributed by atoms with Gasteiger partial charge in [-0.15, -0.1) is 0 Å². The first-order valence-electron chi connectivity index (χ1n) is 12.3. The van der Waals surface area contributed by atoms with Crippen molar-refractivity contribution >= 4 is 15.9 Å². The fourth-order valence-electron chi connectivity index (χ4n) is 4.77. The Morgan fingerprint density at radius 3 is 1.68 bits per heavy atom. The molecular formula is C31H32N2O3S. The molecule has 190 valence electrons. The Bertz CT molecular complexity index is 1390. The third-order valence-corrected chi connectivity index (χ3v) is 8.10. The van der Waals surface area contributed by atoms with E-state index in [1.807, 2.05) is 110 Å². The van der Waals surface area contributed by atoms with Gasteiger partial charge in [0, 0.05) is 0 Å². The minimum atomic E-state index is -3.98. The lowest BCUT2D eigenvalue weighted by molar-refractivity contribution is -0.123. The fraction of sp³-hybridized carbons (Fsp3) is 0.194. The first-order chi connectivity index (χ1) is 17.7. The molecule has 4 aromatic rings. The van der Waals surface area contributed by atoms with Crippen LogP contribution in [0.3, 0.4) is 0 Å². The van der Waals surface area contributed by atoms with Gasteiger partial charge < -0.3 is 5.32 Å². The van der Waals surface area contributed by atoms with Crippen molar-refractivity contribution in [1.82, 2.24) is 10.0 Å². The molecule has 0 aliphatic heterocycles. The minimum Gasteiger partial charge on any atom is -0.344 e. The molecule has 0 aliphatic carbocycles. The highest BCUT2D eigenvalue weighted by Gasteiger charge is 2.30. The van der Waals surface area contributed by atoms with Gasteiger partial charge in [0.2, 0.25) is 15.9 Å². The summed E-state index contributed by atoms with van der Waals surface area (Å²) in [5.41, 5.74) is 4.97. The van der Waals surface area contributed by atoms with Crippen LogP contribution in [0, 0.1) is 20.8 Å². The Kier molecular flexibility index (Phi) is 8.21. The van der Waals surface area contributed by atoms with Crippen molar-refractivity contribution in [3.63, 3.8) is 0 Å². The van der Waals surface area contributed by atoms with Crippen molar-refractivity contribution in [2.75, 3.05) is 0 Å². The third kappa shape index (κ3) is 6.53. The average Bonchev–Trinajstić information content (AvgIpc) is 2.87. The maximum absolute atomic E-state index is 13.8. The van der Waals surface area contributed by atoms with Crippen molar-refractivity contribution in [2.24, 2.45) is 0 Å². The smallest absolute Gasteiger partial charge is 0.241 e. The molecule has 0 unspecified atom stereocenters. The molecule has 6 heteroatoms. The minimum absolute atomic E-state index is 0.214. The monoisotopic (exact) mass is 512 g/mol. The van der Waals surface area contributed by atoms with Gasteiger partial charge in [0.25, 0.3) is 0 Å². The second-order valence-corrected chi connectivity index (χ2v) is 11.0. The second-order valence-electron chi connectivity index (χ2n) is 9.35. The number of hydrogen-bond acceptors (Lipinski definition) is 3. The lowest BCUT2D eigenvalue weighted by atomic mass is 9.97. The number of sulfonamides is 1. The van der Waals surface area contributed by atoms with Gasteiger partial charge in [-0.1, -0.05) is 109 Å². The molecule has 1 atom stereocenters. The highest BCUT2D eigenvalue weighted by Crippen LogP contribution is 2.24. The normalized spacial score (nSPS) is 12.3. The number of carbonyl (C=O) groups is 1. The number of nitrogens with one attached hydrogen (secondary N) is 2. The molecule has 2 N–H and O–H groups in total. The zero-order valence-electron chi connectivity index (χ0n) is 21.3. The Morgan fingerprint density at radius 1 is 0.730 bits per heavy atom. The molecule has 0 aliphatic rings. The zero-order chi connectivity index (χ0) is 26.4. The van der Waals surface area contributed by atoms with E-state index in [0.29, 0.717) is 11.1 Å². The quantitative estimate of drug-likeness (QED) is 0.315. The van der Waals surface area contributed by atoms with Crippen LogP contribution in [0.4, 0.5) is 0 Å². The van der Waals surface area contributed by atoms with Crippen molar-refractivity contribution < 1.29 is 13.2 Å². The number of amides is 1. The van der Waals surface area contributed by atoms with E-state index in [1.54, 1.807) is 13.8 Å². The molecule has 0 bridgehead atoms. The number of hydrogen-bond donors (Lipinski definition) is 2. The largest absolute Gasteiger partial charge is 0.344 e. The highest BCUT2D eigenvalue weighted by atomic mass is 32.2. The van der Waals surface area contributed by atoms with E-state index in [-0.39, 0.29) is 11.3 Å². The van der Waals surface area contributed by atoms with Gasteiger partial charge in [-0.2, -0.15) is 4.72 Å². The van der Waals surface area contributed by atoms with Crippen LogP contribution in [0.2, 0.25) is 0 Å². The fourth-order valence-corrected chi connectivity index (χ4v) is 6.42. The van der Waals surface area contributed by atoms with Crippen LogP contribution in [-0.4, -0.2) is 20.4 Å². The summed E-state index contributed by atoms with van der Waals surface area (Å²) >= 11 is 0. The van der Waals surface area contributed by atoms with Crippen LogP contribution in [-0.2, 0) is 21.2 Å². The number of benzene rings is 4. The van der Waals surface area contributed by atoms with Crippen LogP contribution in [0.15, 0.2) is 108 Å². The van der Waals surface area contributed by atoms with Crippen molar-refractivity contribution in [2.45, 2.75) is 44.2 Å². The average molecular weight is 513 g/mol. The SMILES string of the molecule is Cc1cc(C)c(S(=O)(=O)N[C@H](Cc2ccccc2)C(=O)NC(c2ccccc2)c2ccccc2)c(C)c1. The summed E-state index contributed by atoms with van der Waals surface area (Å²) in [5, 5.41) is 3.12. The van der Waals surface area contributed by atoms with Gasteiger partial charge in [-0.3, -0.25) is 4.79 Å². The van der Waals surface area contributed by atoms with Crippen LogP contribution in [0.25, 0.3) is 0 Å². The molecule has 4 aromatic carbocycles. The van der Waals surface area contributed by atoms with Crippen LogP contribution in [0.1, 0.15) is 39.4 Å². The molecule has 1 amide bonds. The van der Waals surface area contributed by atoms with E-state index in [0.717, 1.165) is 22.3 Å². The summed E-state index contributed by atoms with van der Waals surface area (Å²) in [6.45, 7) is 5.49. The number of rotatable bonds is 9. The summed E-state index contributed by atoms with van der Waals surface area (Å²) in [4.78, 5) is 14.0. The first kappa shape index (κ1) is 26.3. The predicted octanol–water partition coefficient (Wildman–Crippen LogP) is 5.41. The molecule has 0 radical (unpaired) electrons.